The molecule has 1 aromatic rings. The molecule has 1 aliphatic heterocycles. The highest BCUT2D eigenvalue weighted by molar-refractivity contribution is 5.76. The summed E-state index contributed by atoms with van der Waals surface area (Å²) in [4.78, 5) is 14.9. The molecule has 0 aromatic heterocycles. The van der Waals surface area contributed by atoms with E-state index in [2.05, 4.69) is 0 Å². The minimum Gasteiger partial charge on any atom is -0.339 e. The van der Waals surface area contributed by atoms with Gasteiger partial charge in [-0.2, -0.15) is 13.2 Å². The number of rotatable bonds is 3. The summed E-state index contributed by atoms with van der Waals surface area (Å²) >= 11 is 0. The maximum Gasteiger partial charge on any atom is 0.405 e. The van der Waals surface area contributed by atoms with Crippen LogP contribution in [-0.2, 0) is 11.2 Å². The molecule has 6 heteroatoms. The van der Waals surface area contributed by atoms with Gasteiger partial charge in [0.2, 0.25) is 5.91 Å². The van der Waals surface area contributed by atoms with Crippen LogP contribution in [0, 0.1) is 0 Å². The molecule has 1 heterocycles. The second-order valence-corrected chi connectivity index (χ2v) is 5.86. The van der Waals surface area contributed by atoms with Crippen LogP contribution < -0.4 is 0 Å². The molecule has 0 N–H and O–H groups in total. The average Bonchev–Trinajstić information content (AvgIpc) is 2.47. The Morgan fingerprint density at radius 2 is 1.86 bits per heavy atom. The van der Waals surface area contributed by atoms with Crippen molar-refractivity contribution in [1.29, 1.82) is 0 Å². The second kappa shape index (κ2) is 6.69. The summed E-state index contributed by atoms with van der Waals surface area (Å²) in [7, 11) is 1.47. The lowest BCUT2D eigenvalue weighted by Gasteiger charge is -2.44. The minimum absolute atomic E-state index is 0.210. The van der Waals surface area contributed by atoms with Gasteiger partial charge in [-0.1, -0.05) is 30.3 Å². The third-order valence-corrected chi connectivity index (χ3v) is 4.27. The number of amides is 1. The van der Waals surface area contributed by atoms with Crippen molar-refractivity contribution < 1.29 is 18.0 Å². The predicted molar refractivity (Wildman–Crippen MR) is 78.4 cm³/mol. The molecule has 0 spiro atoms. The van der Waals surface area contributed by atoms with Gasteiger partial charge in [0.25, 0.3) is 0 Å². The molecule has 122 valence electrons. The molecule has 3 nitrogen and oxygen atoms in total. The van der Waals surface area contributed by atoms with Crippen LogP contribution in [-0.4, -0.2) is 54.1 Å². The van der Waals surface area contributed by atoms with Crippen LogP contribution in [0.25, 0.3) is 0 Å². The fourth-order valence-corrected chi connectivity index (χ4v) is 2.76. The molecule has 1 aromatic carbocycles. The molecule has 22 heavy (non-hydrogen) atoms. The van der Waals surface area contributed by atoms with Gasteiger partial charge in [0.05, 0.1) is 0 Å². The summed E-state index contributed by atoms with van der Waals surface area (Å²) in [5, 5.41) is 0. The van der Waals surface area contributed by atoms with E-state index in [0.717, 1.165) is 5.56 Å². The number of aryl methyl sites for hydroxylation is 1. The molecule has 2 unspecified atom stereocenters. The van der Waals surface area contributed by atoms with Crippen molar-refractivity contribution >= 4 is 5.91 Å². The van der Waals surface area contributed by atoms with E-state index in [-0.39, 0.29) is 24.9 Å². The highest BCUT2D eigenvalue weighted by Gasteiger charge is 2.47. The number of hydrogen-bond acceptors (Lipinski definition) is 2. The Balaban J connectivity index is 1.97. The summed E-state index contributed by atoms with van der Waals surface area (Å²) in [6.45, 7) is 1.78. The summed E-state index contributed by atoms with van der Waals surface area (Å²) in [6, 6.07) is 7.60. The maximum absolute atomic E-state index is 13.1. The van der Waals surface area contributed by atoms with Gasteiger partial charge in [-0.3, -0.25) is 9.69 Å². The van der Waals surface area contributed by atoms with Crippen LogP contribution in [0.5, 0.6) is 0 Å². The molecule has 1 fully saturated rings. The lowest BCUT2D eigenvalue weighted by Crippen LogP contribution is -2.62. The number of carbonyl (C=O) groups excluding carboxylic acids is 1. The molecule has 1 amide bonds. The van der Waals surface area contributed by atoms with Crippen molar-refractivity contribution in [2.45, 2.75) is 38.0 Å². The smallest absolute Gasteiger partial charge is 0.339 e. The second-order valence-electron chi connectivity index (χ2n) is 5.86. The number of nitrogens with zero attached hydrogens (tertiary/aromatic N) is 2. The van der Waals surface area contributed by atoms with E-state index in [0.29, 0.717) is 13.0 Å². The normalized spacial score (nSPS) is 23.6. The van der Waals surface area contributed by atoms with Crippen molar-refractivity contribution in [2.24, 2.45) is 0 Å². The number of benzene rings is 1. The van der Waals surface area contributed by atoms with Crippen LogP contribution in [0.1, 0.15) is 18.9 Å². The van der Waals surface area contributed by atoms with Crippen molar-refractivity contribution in [3.05, 3.63) is 35.9 Å². The van der Waals surface area contributed by atoms with Crippen LogP contribution in [0.15, 0.2) is 30.3 Å². The first-order valence-corrected chi connectivity index (χ1v) is 7.39. The van der Waals surface area contributed by atoms with Crippen molar-refractivity contribution in [2.75, 3.05) is 20.1 Å². The summed E-state index contributed by atoms with van der Waals surface area (Å²) in [5.41, 5.74) is 1.02. The van der Waals surface area contributed by atoms with Gasteiger partial charge in [0, 0.05) is 25.6 Å². The molecule has 2 atom stereocenters. The van der Waals surface area contributed by atoms with Crippen LogP contribution in [0.2, 0.25) is 0 Å². The highest BCUT2D eigenvalue weighted by atomic mass is 19.4. The zero-order valence-corrected chi connectivity index (χ0v) is 12.8. The molecule has 0 saturated carbocycles. The standard InChI is InChI=1S/C16H21F3N2O/c1-12-10-21(11-14(20(12)2)16(17,18)19)15(22)9-8-13-6-4-3-5-7-13/h3-7,12,14H,8-11H2,1-2H3. The number of halogens is 3. The first-order chi connectivity index (χ1) is 10.3. The summed E-state index contributed by atoms with van der Waals surface area (Å²) in [6.07, 6.45) is -3.52. The lowest BCUT2D eigenvalue weighted by atomic mass is 10.1. The van der Waals surface area contributed by atoms with Gasteiger partial charge in [-0.15, -0.1) is 0 Å². The zero-order valence-electron chi connectivity index (χ0n) is 12.8. The quantitative estimate of drug-likeness (QED) is 0.856. The summed E-state index contributed by atoms with van der Waals surface area (Å²) < 4.78 is 39.2. The lowest BCUT2D eigenvalue weighted by molar-refractivity contribution is -0.201. The van der Waals surface area contributed by atoms with E-state index in [1.54, 1.807) is 6.92 Å². The Bertz CT molecular complexity index is 504. The Morgan fingerprint density at radius 1 is 1.23 bits per heavy atom. The van der Waals surface area contributed by atoms with Crippen molar-refractivity contribution in [3.63, 3.8) is 0 Å². The van der Waals surface area contributed by atoms with Crippen molar-refractivity contribution in [1.82, 2.24) is 9.80 Å². The highest BCUT2D eigenvalue weighted by Crippen LogP contribution is 2.29. The van der Waals surface area contributed by atoms with Gasteiger partial charge in [0.1, 0.15) is 6.04 Å². The number of alkyl halides is 3. The van der Waals surface area contributed by atoms with Gasteiger partial charge in [-0.25, -0.2) is 0 Å². The molecule has 0 radical (unpaired) electrons. The summed E-state index contributed by atoms with van der Waals surface area (Å²) in [5.74, 6) is -0.210. The molecular weight excluding hydrogens is 293 g/mol. The molecule has 0 bridgehead atoms. The van der Waals surface area contributed by atoms with Gasteiger partial charge < -0.3 is 4.90 Å². The third kappa shape index (κ3) is 4.00. The van der Waals surface area contributed by atoms with E-state index >= 15 is 0 Å². The Kier molecular flexibility index (Phi) is 5.11. The van der Waals surface area contributed by atoms with E-state index in [1.807, 2.05) is 30.3 Å². The first kappa shape index (κ1) is 16.8. The van der Waals surface area contributed by atoms with Crippen LogP contribution in [0.3, 0.4) is 0 Å². The minimum atomic E-state index is -4.32. The fourth-order valence-electron chi connectivity index (χ4n) is 2.76. The molecule has 0 aliphatic carbocycles. The SMILES string of the molecule is CC1CN(C(=O)CCc2ccccc2)CC(C(F)(F)F)N1C. The predicted octanol–water partition coefficient (Wildman–Crippen LogP) is 2.71. The first-order valence-electron chi connectivity index (χ1n) is 7.39. The van der Waals surface area contributed by atoms with Gasteiger partial charge >= 0.3 is 6.18 Å². The Hall–Kier alpha value is -1.56. The Labute approximate surface area is 128 Å². The van der Waals surface area contributed by atoms with Crippen LogP contribution in [0.4, 0.5) is 13.2 Å². The van der Waals surface area contributed by atoms with E-state index in [9.17, 15) is 18.0 Å². The van der Waals surface area contributed by atoms with E-state index in [4.69, 9.17) is 0 Å². The van der Waals surface area contributed by atoms with Gasteiger partial charge in [0.15, 0.2) is 0 Å². The number of carbonyl (C=O) groups is 1. The molecular formula is C16H21F3N2O. The largest absolute Gasteiger partial charge is 0.405 e. The monoisotopic (exact) mass is 314 g/mol. The van der Waals surface area contributed by atoms with Gasteiger partial charge in [-0.05, 0) is 26.0 Å². The number of likely N-dealkylation sites (N-methyl/N-ethyl adjacent to an activating group) is 1. The zero-order chi connectivity index (χ0) is 16.3. The molecule has 2 rings (SSSR count). The maximum atomic E-state index is 13.1. The van der Waals surface area contributed by atoms with Crippen molar-refractivity contribution in [3.8, 4) is 0 Å². The van der Waals surface area contributed by atoms with E-state index < -0.39 is 12.2 Å². The fraction of sp³-hybridized carbons (Fsp3) is 0.562. The van der Waals surface area contributed by atoms with E-state index in [1.165, 1.54) is 16.8 Å². The van der Waals surface area contributed by atoms with Crippen LogP contribution >= 0.6 is 0 Å². The average molecular weight is 314 g/mol. The molecule has 1 saturated heterocycles. The third-order valence-electron chi connectivity index (χ3n) is 4.27. The number of hydrogen-bond donors (Lipinski definition) is 0. The number of piperazine rings is 1. The molecule has 1 aliphatic rings. The topological polar surface area (TPSA) is 23.6 Å². The Morgan fingerprint density at radius 3 is 2.45 bits per heavy atom.